The summed E-state index contributed by atoms with van der Waals surface area (Å²) < 4.78 is 0. The van der Waals surface area contributed by atoms with E-state index in [1.165, 1.54) is 6.42 Å². The first-order valence-electron chi connectivity index (χ1n) is 5.29. The Morgan fingerprint density at radius 1 is 1.54 bits per heavy atom. The van der Waals surface area contributed by atoms with E-state index in [1.54, 1.807) is 0 Å². The number of hydrogen-bond donors (Lipinski definition) is 0. The van der Waals surface area contributed by atoms with Crippen LogP contribution in [-0.2, 0) is 4.79 Å². The van der Waals surface area contributed by atoms with E-state index >= 15 is 0 Å². The number of thioether (sulfide) groups is 1. The number of Topliss-reactive ketones (excluding diaryl/α,β-unsaturated/α-hetero) is 1. The number of carbonyl (C=O) groups excluding carboxylic acids is 1. The second-order valence-electron chi connectivity index (χ2n) is 3.99. The van der Waals surface area contributed by atoms with Crippen LogP contribution in [0.1, 0.15) is 39.0 Å². The highest BCUT2D eigenvalue weighted by Gasteiger charge is 2.26. The maximum absolute atomic E-state index is 11.6. The molecular formula is C11H20OS. The standard InChI is InChI=1S/C11H20OS/c1-3-9-4-5-11(12)10(8-9)6-7-13-2/h9-10H,3-8H2,1-2H3. The summed E-state index contributed by atoms with van der Waals surface area (Å²) in [6, 6.07) is 0. The Balaban J connectivity index is 2.36. The van der Waals surface area contributed by atoms with Crippen molar-refractivity contribution in [2.45, 2.75) is 39.0 Å². The minimum Gasteiger partial charge on any atom is -0.299 e. The first-order valence-corrected chi connectivity index (χ1v) is 6.69. The maximum Gasteiger partial charge on any atom is 0.136 e. The third-order valence-electron chi connectivity index (χ3n) is 3.12. The van der Waals surface area contributed by atoms with Crippen LogP contribution in [0, 0.1) is 11.8 Å². The molecule has 0 aromatic heterocycles. The molecule has 1 rings (SSSR count). The van der Waals surface area contributed by atoms with Gasteiger partial charge in [0, 0.05) is 12.3 Å². The Morgan fingerprint density at radius 2 is 2.31 bits per heavy atom. The van der Waals surface area contributed by atoms with Gasteiger partial charge in [-0.05, 0) is 37.2 Å². The van der Waals surface area contributed by atoms with Crippen LogP contribution in [0.3, 0.4) is 0 Å². The molecule has 2 atom stereocenters. The van der Waals surface area contributed by atoms with Gasteiger partial charge in [-0.2, -0.15) is 11.8 Å². The van der Waals surface area contributed by atoms with Gasteiger partial charge in [0.1, 0.15) is 5.78 Å². The molecule has 0 aromatic rings. The second kappa shape index (κ2) is 5.69. The summed E-state index contributed by atoms with van der Waals surface area (Å²) in [5, 5.41) is 0. The molecule has 1 nitrogen and oxygen atoms in total. The van der Waals surface area contributed by atoms with Crippen molar-refractivity contribution in [2.75, 3.05) is 12.0 Å². The predicted octanol–water partition coefficient (Wildman–Crippen LogP) is 3.13. The smallest absolute Gasteiger partial charge is 0.136 e. The molecule has 0 bridgehead atoms. The van der Waals surface area contributed by atoms with Gasteiger partial charge in [-0.3, -0.25) is 4.79 Å². The van der Waals surface area contributed by atoms with E-state index in [0.29, 0.717) is 11.7 Å². The molecular weight excluding hydrogens is 180 g/mol. The zero-order valence-electron chi connectivity index (χ0n) is 8.71. The van der Waals surface area contributed by atoms with Gasteiger partial charge in [0.25, 0.3) is 0 Å². The van der Waals surface area contributed by atoms with E-state index < -0.39 is 0 Å². The van der Waals surface area contributed by atoms with Gasteiger partial charge in [-0.1, -0.05) is 13.3 Å². The van der Waals surface area contributed by atoms with Gasteiger partial charge < -0.3 is 0 Å². The summed E-state index contributed by atoms with van der Waals surface area (Å²) in [5.41, 5.74) is 0. The van der Waals surface area contributed by atoms with E-state index in [2.05, 4.69) is 13.2 Å². The van der Waals surface area contributed by atoms with Crippen LogP contribution in [0.25, 0.3) is 0 Å². The lowest BCUT2D eigenvalue weighted by Gasteiger charge is -2.27. The number of rotatable bonds is 4. The molecule has 76 valence electrons. The number of hydrogen-bond acceptors (Lipinski definition) is 2. The fourth-order valence-corrected chi connectivity index (χ4v) is 2.63. The molecule has 1 aliphatic carbocycles. The van der Waals surface area contributed by atoms with Crippen LogP contribution in [-0.4, -0.2) is 17.8 Å². The first-order chi connectivity index (χ1) is 6.27. The molecule has 0 spiro atoms. The van der Waals surface area contributed by atoms with Crippen molar-refractivity contribution >= 4 is 17.5 Å². The molecule has 0 radical (unpaired) electrons. The van der Waals surface area contributed by atoms with Crippen molar-refractivity contribution in [3.8, 4) is 0 Å². The van der Waals surface area contributed by atoms with Gasteiger partial charge in [0.15, 0.2) is 0 Å². The van der Waals surface area contributed by atoms with Crippen LogP contribution in [0.5, 0.6) is 0 Å². The quantitative estimate of drug-likeness (QED) is 0.693. The second-order valence-corrected chi connectivity index (χ2v) is 4.98. The van der Waals surface area contributed by atoms with E-state index in [0.717, 1.165) is 37.4 Å². The lowest BCUT2D eigenvalue weighted by Crippen LogP contribution is -2.25. The van der Waals surface area contributed by atoms with Crippen LogP contribution >= 0.6 is 11.8 Å². The van der Waals surface area contributed by atoms with Crippen LogP contribution < -0.4 is 0 Å². The SMILES string of the molecule is CCC1CCC(=O)C(CCSC)C1. The minimum atomic E-state index is 0.395. The van der Waals surface area contributed by atoms with E-state index in [9.17, 15) is 4.79 Å². The summed E-state index contributed by atoms with van der Waals surface area (Å²) in [4.78, 5) is 11.6. The zero-order valence-corrected chi connectivity index (χ0v) is 9.53. The van der Waals surface area contributed by atoms with Crippen molar-refractivity contribution in [3.63, 3.8) is 0 Å². The third-order valence-corrected chi connectivity index (χ3v) is 3.76. The van der Waals surface area contributed by atoms with E-state index in [4.69, 9.17) is 0 Å². The lowest BCUT2D eigenvalue weighted by molar-refractivity contribution is -0.125. The molecule has 1 aliphatic rings. The first kappa shape index (κ1) is 11.1. The summed E-state index contributed by atoms with van der Waals surface area (Å²) in [6.07, 6.45) is 7.63. The van der Waals surface area contributed by atoms with Crippen molar-refractivity contribution in [1.82, 2.24) is 0 Å². The fraction of sp³-hybridized carbons (Fsp3) is 0.909. The van der Waals surface area contributed by atoms with Crippen molar-refractivity contribution in [1.29, 1.82) is 0 Å². The predicted molar refractivity (Wildman–Crippen MR) is 59.1 cm³/mol. The third kappa shape index (κ3) is 3.34. The molecule has 2 heteroatoms. The Kier molecular flexibility index (Phi) is 4.86. The van der Waals surface area contributed by atoms with Crippen molar-refractivity contribution in [3.05, 3.63) is 0 Å². The molecule has 0 heterocycles. The Hall–Kier alpha value is 0.0200. The van der Waals surface area contributed by atoms with Crippen molar-refractivity contribution in [2.24, 2.45) is 11.8 Å². The molecule has 0 aliphatic heterocycles. The topological polar surface area (TPSA) is 17.1 Å². The number of carbonyl (C=O) groups is 1. The summed E-state index contributed by atoms with van der Waals surface area (Å²) >= 11 is 1.85. The highest BCUT2D eigenvalue weighted by atomic mass is 32.2. The van der Waals surface area contributed by atoms with Gasteiger partial charge in [0.05, 0.1) is 0 Å². The summed E-state index contributed by atoms with van der Waals surface area (Å²) in [5.74, 6) is 2.89. The van der Waals surface area contributed by atoms with Crippen molar-refractivity contribution < 1.29 is 4.79 Å². The highest BCUT2D eigenvalue weighted by Crippen LogP contribution is 2.30. The average Bonchev–Trinajstić information content (AvgIpc) is 2.17. The monoisotopic (exact) mass is 200 g/mol. The van der Waals surface area contributed by atoms with Gasteiger partial charge in [-0.15, -0.1) is 0 Å². The normalized spacial score (nSPS) is 29.2. The Labute approximate surface area is 85.7 Å². The van der Waals surface area contributed by atoms with E-state index in [1.807, 2.05) is 11.8 Å². The Morgan fingerprint density at radius 3 is 2.92 bits per heavy atom. The average molecular weight is 200 g/mol. The van der Waals surface area contributed by atoms with Crippen LogP contribution in [0.2, 0.25) is 0 Å². The zero-order chi connectivity index (χ0) is 9.68. The van der Waals surface area contributed by atoms with Gasteiger partial charge in [-0.25, -0.2) is 0 Å². The molecule has 1 saturated carbocycles. The summed E-state index contributed by atoms with van der Waals surface area (Å²) in [6.45, 7) is 2.24. The maximum atomic E-state index is 11.6. The summed E-state index contributed by atoms with van der Waals surface area (Å²) in [7, 11) is 0. The van der Waals surface area contributed by atoms with E-state index in [-0.39, 0.29) is 0 Å². The Bertz CT molecular complexity index is 167. The minimum absolute atomic E-state index is 0.395. The lowest BCUT2D eigenvalue weighted by atomic mass is 9.78. The van der Waals surface area contributed by atoms with Gasteiger partial charge in [0.2, 0.25) is 0 Å². The molecule has 0 aromatic carbocycles. The van der Waals surface area contributed by atoms with Crippen LogP contribution in [0.4, 0.5) is 0 Å². The molecule has 0 saturated heterocycles. The molecule has 0 amide bonds. The molecule has 13 heavy (non-hydrogen) atoms. The highest BCUT2D eigenvalue weighted by molar-refractivity contribution is 7.98. The number of ketones is 1. The molecule has 1 fully saturated rings. The van der Waals surface area contributed by atoms with Gasteiger partial charge >= 0.3 is 0 Å². The van der Waals surface area contributed by atoms with Crippen LogP contribution in [0.15, 0.2) is 0 Å². The molecule has 2 unspecified atom stereocenters. The molecule has 0 N–H and O–H groups in total. The largest absolute Gasteiger partial charge is 0.299 e. The fourth-order valence-electron chi connectivity index (χ4n) is 2.11.